The molecule has 1 aromatic rings. The van der Waals surface area contributed by atoms with Crippen molar-refractivity contribution in [2.75, 3.05) is 13.1 Å². The fourth-order valence-electron chi connectivity index (χ4n) is 1.55. The van der Waals surface area contributed by atoms with E-state index in [9.17, 15) is 10.2 Å². The van der Waals surface area contributed by atoms with Crippen molar-refractivity contribution in [2.45, 2.75) is 18.8 Å². The van der Waals surface area contributed by atoms with Crippen LogP contribution in [0.25, 0.3) is 0 Å². The summed E-state index contributed by atoms with van der Waals surface area (Å²) in [6.07, 6.45) is 0.473. The minimum absolute atomic E-state index is 0.511. The van der Waals surface area contributed by atoms with Crippen LogP contribution >= 0.6 is 22.9 Å². The van der Waals surface area contributed by atoms with Gasteiger partial charge in [0.1, 0.15) is 0 Å². The van der Waals surface area contributed by atoms with Crippen molar-refractivity contribution in [1.29, 1.82) is 0 Å². The lowest BCUT2D eigenvalue weighted by Gasteiger charge is -2.12. The topological polar surface area (TPSA) is 56.6 Å². The molecule has 1 aliphatic rings. The lowest BCUT2D eigenvalue weighted by molar-refractivity contribution is 0.0572. The highest BCUT2D eigenvalue weighted by atomic mass is 35.5. The number of nitrogens with zero attached hydrogens (tertiary/aromatic N) is 2. The molecule has 0 aliphatic carbocycles. The molecular weight excluding hydrogens is 224 g/mol. The standard InChI is InChI=1S/C8H11ClN2O2S/c9-8-10-1-5(14-8)2-11-3-6(12)7(13)4-11/h1,6-7,12-13H,2-4H2/t6-,7+. The molecule has 4 nitrogen and oxygen atoms in total. The summed E-state index contributed by atoms with van der Waals surface area (Å²) < 4.78 is 0.528. The van der Waals surface area contributed by atoms with E-state index in [1.807, 2.05) is 4.90 Å². The second-order valence-corrected chi connectivity index (χ2v) is 5.11. The van der Waals surface area contributed by atoms with Crippen molar-refractivity contribution in [2.24, 2.45) is 0 Å². The van der Waals surface area contributed by atoms with Gasteiger partial charge in [-0.15, -0.1) is 11.3 Å². The molecular formula is C8H11ClN2O2S. The van der Waals surface area contributed by atoms with Crippen LogP contribution in [0.5, 0.6) is 0 Å². The second kappa shape index (κ2) is 4.12. The number of aliphatic hydroxyl groups excluding tert-OH is 2. The lowest BCUT2D eigenvalue weighted by atomic mass is 10.3. The minimum atomic E-state index is -0.626. The first-order chi connectivity index (χ1) is 6.65. The molecule has 0 saturated carbocycles. The van der Waals surface area contributed by atoms with E-state index in [1.54, 1.807) is 6.20 Å². The monoisotopic (exact) mass is 234 g/mol. The van der Waals surface area contributed by atoms with Crippen molar-refractivity contribution in [1.82, 2.24) is 9.88 Å². The molecule has 0 unspecified atom stereocenters. The quantitative estimate of drug-likeness (QED) is 0.775. The Labute approximate surface area is 90.8 Å². The van der Waals surface area contributed by atoms with Gasteiger partial charge in [0, 0.05) is 30.7 Å². The zero-order valence-corrected chi connectivity index (χ0v) is 9.00. The first-order valence-corrected chi connectivity index (χ1v) is 5.53. The zero-order valence-electron chi connectivity index (χ0n) is 7.43. The fraction of sp³-hybridized carbons (Fsp3) is 0.625. The smallest absolute Gasteiger partial charge is 0.183 e. The SMILES string of the molecule is O[C@@H]1CN(Cc2cnc(Cl)s2)C[C@@H]1O. The highest BCUT2D eigenvalue weighted by molar-refractivity contribution is 7.15. The highest BCUT2D eigenvalue weighted by Gasteiger charge is 2.29. The van der Waals surface area contributed by atoms with Gasteiger partial charge in [-0.25, -0.2) is 4.98 Å². The molecule has 0 amide bonds. The molecule has 0 spiro atoms. The van der Waals surface area contributed by atoms with E-state index in [2.05, 4.69) is 4.98 Å². The number of rotatable bonds is 2. The van der Waals surface area contributed by atoms with E-state index in [4.69, 9.17) is 11.6 Å². The van der Waals surface area contributed by atoms with E-state index < -0.39 is 12.2 Å². The van der Waals surface area contributed by atoms with Gasteiger partial charge in [0.2, 0.25) is 0 Å². The number of hydrogen-bond donors (Lipinski definition) is 2. The van der Waals surface area contributed by atoms with Gasteiger partial charge in [0.05, 0.1) is 12.2 Å². The van der Waals surface area contributed by atoms with Gasteiger partial charge >= 0.3 is 0 Å². The van der Waals surface area contributed by atoms with Crippen LogP contribution in [0, 0.1) is 0 Å². The van der Waals surface area contributed by atoms with Crippen LogP contribution in [0.15, 0.2) is 6.20 Å². The molecule has 0 aromatic carbocycles. The third-order valence-corrected chi connectivity index (χ3v) is 3.34. The van der Waals surface area contributed by atoms with Crippen LogP contribution in [-0.2, 0) is 6.54 Å². The van der Waals surface area contributed by atoms with Crippen LogP contribution in [0.2, 0.25) is 4.47 Å². The summed E-state index contributed by atoms with van der Waals surface area (Å²) in [6, 6.07) is 0. The number of halogens is 1. The number of thiazole rings is 1. The maximum atomic E-state index is 9.32. The molecule has 2 N–H and O–H groups in total. The predicted octanol–water partition coefficient (Wildman–Crippen LogP) is 0.334. The van der Waals surface area contributed by atoms with Gasteiger partial charge in [-0.05, 0) is 0 Å². The lowest BCUT2D eigenvalue weighted by Crippen LogP contribution is -2.22. The minimum Gasteiger partial charge on any atom is -0.389 e. The van der Waals surface area contributed by atoms with E-state index in [0.717, 1.165) is 4.88 Å². The van der Waals surface area contributed by atoms with Crippen molar-refractivity contribution in [3.8, 4) is 0 Å². The van der Waals surface area contributed by atoms with Gasteiger partial charge < -0.3 is 10.2 Å². The summed E-state index contributed by atoms with van der Waals surface area (Å²) >= 11 is 7.12. The zero-order chi connectivity index (χ0) is 10.1. The number of hydrogen-bond acceptors (Lipinski definition) is 5. The van der Waals surface area contributed by atoms with E-state index in [-0.39, 0.29) is 0 Å². The summed E-state index contributed by atoms with van der Waals surface area (Å²) in [4.78, 5) is 6.97. The Morgan fingerprint density at radius 3 is 2.64 bits per heavy atom. The number of β-amino-alcohol motifs (C(OH)–C–C–N with tert-alkyl or cyclic N) is 2. The Morgan fingerprint density at radius 1 is 1.50 bits per heavy atom. The summed E-state index contributed by atoms with van der Waals surface area (Å²) in [5.41, 5.74) is 0. The fourth-order valence-corrected chi connectivity index (χ4v) is 2.57. The van der Waals surface area contributed by atoms with Crippen LogP contribution in [0.1, 0.15) is 4.88 Å². The molecule has 2 rings (SSSR count). The van der Waals surface area contributed by atoms with Crippen LogP contribution in [0.3, 0.4) is 0 Å². The van der Waals surface area contributed by atoms with Crippen molar-refractivity contribution >= 4 is 22.9 Å². The highest BCUT2D eigenvalue weighted by Crippen LogP contribution is 2.21. The van der Waals surface area contributed by atoms with Gasteiger partial charge in [-0.1, -0.05) is 11.6 Å². The molecule has 78 valence electrons. The molecule has 2 heterocycles. The molecule has 1 saturated heterocycles. The first kappa shape index (κ1) is 10.3. The van der Waals surface area contributed by atoms with Gasteiger partial charge in [0.15, 0.2) is 4.47 Å². The van der Waals surface area contributed by atoms with E-state index >= 15 is 0 Å². The maximum absolute atomic E-state index is 9.32. The summed E-state index contributed by atoms with van der Waals surface area (Å²) in [6.45, 7) is 1.71. The molecule has 14 heavy (non-hydrogen) atoms. The molecule has 1 aliphatic heterocycles. The average Bonchev–Trinajstić information content (AvgIpc) is 2.62. The molecule has 6 heteroatoms. The van der Waals surface area contributed by atoms with E-state index in [0.29, 0.717) is 24.1 Å². The Bertz CT molecular complexity index is 310. The van der Waals surface area contributed by atoms with Gasteiger partial charge in [-0.3, -0.25) is 4.90 Å². The van der Waals surface area contributed by atoms with Crippen LogP contribution in [0.4, 0.5) is 0 Å². The van der Waals surface area contributed by atoms with Gasteiger partial charge in [0.25, 0.3) is 0 Å². The summed E-state index contributed by atoms with van der Waals surface area (Å²) in [5, 5.41) is 18.6. The predicted molar refractivity (Wildman–Crippen MR) is 54.4 cm³/mol. The van der Waals surface area contributed by atoms with E-state index in [1.165, 1.54) is 11.3 Å². The Kier molecular flexibility index (Phi) is 3.04. The van der Waals surface area contributed by atoms with Crippen molar-refractivity contribution in [3.63, 3.8) is 0 Å². The maximum Gasteiger partial charge on any atom is 0.183 e. The molecule has 1 aromatic heterocycles. The number of aromatic nitrogens is 1. The molecule has 0 bridgehead atoms. The van der Waals surface area contributed by atoms with Crippen LogP contribution in [-0.4, -0.2) is 45.4 Å². The summed E-state index contributed by atoms with van der Waals surface area (Å²) in [7, 11) is 0. The first-order valence-electron chi connectivity index (χ1n) is 4.34. The number of aliphatic hydroxyl groups is 2. The molecule has 1 fully saturated rings. The molecule has 2 atom stereocenters. The van der Waals surface area contributed by atoms with Crippen molar-refractivity contribution in [3.05, 3.63) is 15.5 Å². The Hall–Kier alpha value is -0.200. The third kappa shape index (κ3) is 2.24. The third-order valence-electron chi connectivity index (χ3n) is 2.24. The van der Waals surface area contributed by atoms with Crippen molar-refractivity contribution < 1.29 is 10.2 Å². The average molecular weight is 235 g/mol. The Morgan fingerprint density at radius 2 is 2.14 bits per heavy atom. The normalized spacial score (nSPS) is 28.5. The van der Waals surface area contributed by atoms with Crippen LogP contribution < -0.4 is 0 Å². The molecule has 0 radical (unpaired) electrons. The Balaban J connectivity index is 1.93. The largest absolute Gasteiger partial charge is 0.389 e. The number of likely N-dealkylation sites (tertiary alicyclic amines) is 1. The van der Waals surface area contributed by atoms with Gasteiger partial charge in [-0.2, -0.15) is 0 Å². The summed E-state index contributed by atoms with van der Waals surface area (Å²) in [5.74, 6) is 0. The second-order valence-electron chi connectivity index (χ2n) is 3.41.